The van der Waals surface area contributed by atoms with Crippen molar-refractivity contribution in [3.8, 4) is 10.4 Å². The normalized spacial score (nSPS) is 20.4. The highest BCUT2D eigenvalue weighted by Crippen LogP contribution is 2.27. The second-order valence-corrected chi connectivity index (χ2v) is 8.05. The molecule has 0 aromatic carbocycles. The van der Waals surface area contributed by atoms with Crippen LogP contribution < -0.4 is 26.9 Å². The first-order valence-corrected chi connectivity index (χ1v) is 10.4. The highest BCUT2D eigenvalue weighted by Gasteiger charge is 2.23. The molecule has 0 amide bonds. The molecule has 0 radical (unpaired) electrons. The van der Waals surface area contributed by atoms with Crippen molar-refractivity contribution in [2.45, 2.75) is 58.3 Å². The van der Waals surface area contributed by atoms with E-state index in [1.807, 2.05) is 28.1 Å². The molecular formula is C20H26N4OS. The second kappa shape index (κ2) is 7.37. The minimum atomic E-state index is -0.172. The van der Waals surface area contributed by atoms with E-state index in [1.165, 1.54) is 19.3 Å². The molecule has 1 atom stereocenters. The zero-order chi connectivity index (χ0) is 18.1. The van der Waals surface area contributed by atoms with E-state index in [0.29, 0.717) is 0 Å². The Hall–Kier alpha value is -1.92. The third-order valence-corrected chi connectivity index (χ3v) is 6.24. The van der Waals surface area contributed by atoms with Crippen molar-refractivity contribution in [1.29, 1.82) is 0 Å². The lowest BCUT2D eigenvalue weighted by molar-refractivity contribution is 0.332. The topological polar surface area (TPSA) is 58.4 Å². The molecule has 5 nitrogen and oxygen atoms in total. The largest absolute Gasteiger partial charge is 0.354 e. The summed E-state index contributed by atoms with van der Waals surface area (Å²) in [5, 5.41) is 9.83. The molecule has 3 heterocycles. The molecule has 138 valence electrons. The van der Waals surface area contributed by atoms with Crippen LogP contribution in [-0.2, 0) is 0 Å². The number of pyridine rings is 1. The highest BCUT2D eigenvalue weighted by molar-refractivity contribution is 7.13. The van der Waals surface area contributed by atoms with Gasteiger partial charge in [-0.2, -0.15) is 0 Å². The number of thiophene rings is 1. The van der Waals surface area contributed by atoms with Crippen molar-refractivity contribution in [2.75, 3.05) is 6.54 Å². The highest BCUT2D eigenvalue weighted by atomic mass is 32.1. The quantitative estimate of drug-likeness (QED) is 0.868. The number of nitrogens with one attached hydrogen (secondary N) is 2. The van der Waals surface area contributed by atoms with Gasteiger partial charge in [0.25, 0.3) is 5.56 Å². The predicted molar refractivity (Wildman–Crippen MR) is 107 cm³/mol. The fraction of sp³-hybridized carbons (Fsp3) is 0.500. The number of aromatic nitrogens is 1. The molecule has 0 saturated heterocycles. The minimum absolute atomic E-state index is 0.104. The van der Waals surface area contributed by atoms with Crippen molar-refractivity contribution in [3.05, 3.63) is 44.6 Å². The van der Waals surface area contributed by atoms with Crippen LogP contribution in [-0.4, -0.2) is 17.4 Å². The summed E-state index contributed by atoms with van der Waals surface area (Å²) in [6, 6.07) is 6.31. The Morgan fingerprint density at radius 3 is 2.85 bits per heavy atom. The Labute approximate surface area is 157 Å². The molecule has 0 spiro atoms. The maximum atomic E-state index is 13.5. The lowest BCUT2D eigenvalue weighted by Gasteiger charge is -2.28. The Bertz CT molecular complexity index is 955. The molecule has 26 heavy (non-hydrogen) atoms. The van der Waals surface area contributed by atoms with Crippen LogP contribution in [0.25, 0.3) is 16.1 Å². The van der Waals surface area contributed by atoms with Gasteiger partial charge in [-0.15, -0.1) is 11.3 Å². The van der Waals surface area contributed by atoms with Gasteiger partial charge in [0.2, 0.25) is 0 Å². The fourth-order valence-electron chi connectivity index (χ4n) is 4.05. The molecular weight excluding hydrogens is 344 g/mol. The maximum absolute atomic E-state index is 13.5. The van der Waals surface area contributed by atoms with Crippen LogP contribution in [0, 0.1) is 0 Å². The molecule has 1 aliphatic heterocycles. The van der Waals surface area contributed by atoms with E-state index in [4.69, 9.17) is 4.99 Å². The van der Waals surface area contributed by atoms with Gasteiger partial charge in [-0.05, 0) is 43.8 Å². The van der Waals surface area contributed by atoms with Crippen LogP contribution in [0.15, 0.2) is 33.4 Å². The monoisotopic (exact) mass is 370 g/mol. The zero-order valence-electron chi connectivity index (χ0n) is 15.4. The van der Waals surface area contributed by atoms with Crippen molar-refractivity contribution in [1.82, 2.24) is 15.2 Å². The zero-order valence-corrected chi connectivity index (χ0v) is 16.2. The molecule has 2 N–H and O–H groups in total. The lowest BCUT2D eigenvalue weighted by Crippen LogP contribution is -2.55. The Balaban J connectivity index is 2.00. The van der Waals surface area contributed by atoms with Crippen molar-refractivity contribution in [3.63, 3.8) is 0 Å². The van der Waals surface area contributed by atoms with Crippen LogP contribution in [0.4, 0.5) is 0 Å². The maximum Gasteiger partial charge on any atom is 0.261 e. The Morgan fingerprint density at radius 2 is 2.15 bits per heavy atom. The molecule has 1 saturated carbocycles. The molecule has 1 aliphatic carbocycles. The molecule has 2 aromatic heterocycles. The SMILES string of the molecule is CCNC1N=c2c(cc(-c3cccs3)c(=O)n2C2CCCCC2)=C(C)N1. The molecule has 2 aliphatic rings. The van der Waals surface area contributed by atoms with E-state index >= 15 is 0 Å². The van der Waals surface area contributed by atoms with Crippen LogP contribution in [0.1, 0.15) is 52.0 Å². The van der Waals surface area contributed by atoms with Gasteiger partial charge in [0.1, 0.15) is 5.49 Å². The van der Waals surface area contributed by atoms with Gasteiger partial charge < -0.3 is 5.32 Å². The van der Waals surface area contributed by atoms with Gasteiger partial charge in [0.05, 0.1) is 5.56 Å². The number of hydrogen-bond acceptors (Lipinski definition) is 5. The van der Waals surface area contributed by atoms with E-state index in [9.17, 15) is 4.79 Å². The van der Waals surface area contributed by atoms with Crippen molar-refractivity contribution in [2.24, 2.45) is 4.99 Å². The first-order valence-electron chi connectivity index (χ1n) is 9.57. The van der Waals surface area contributed by atoms with Crippen LogP contribution in [0.2, 0.25) is 0 Å². The van der Waals surface area contributed by atoms with Crippen LogP contribution >= 0.6 is 11.3 Å². The summed E-state index contributed by atoms with van der Waals surface area (Å²) in [6.07, 6.45) is 5.60. The summed E-state index contributed by atoms with van der Waals surface area (Å²) in [6.45, 7) is 4.96. The first-order chi connectivity index (χ1) is 12.7. The smallest absolute Gasteiger partial charge is 0.261 e. The standard InChI is InChI=1S/C20H26N4OS/c1-3-21-20-22-13(2)15-12-16(17-10-7-11-26-17)19(25)24(18(15)23-20)14-8-5-4-6-9-14/h7,10-12,14,20-22H,3-6,8-9H2,1-2H3. The van der Waals surface area contributed by atoms with Gasteiger partial charge in [-0.1, -0.05) is 32.3 Å². The Morgan fingerprint density at radius 1 is 1.35 bits per heavy atom. The number of rotatable bonds is 4. The molecule has 6 heteroatoms. The van der Waals surface area contributed by atoms with Crippen LogP contribution in [0.5, 0.6) is 0 Å². The van der Waals surface area contributed by atoms with Gasteiger partial charge in [-0.3, -0.25) is 14.7 Å². The predicted octanol–water partition coefficient (Wildman–Crippen LogP) is 2.33. The number of hydrogen-bond donors (Lipinski definition) is 2. The van der Waals surface area contributed by atoms with E-state index in [0.717, 1.165) is 46.2 Å². The van der Waals surface area contributed by atoms with Gasteiger partial charge in [0, 0.05) is 21.8 Å². The van der Waals surface area contributed by atoms with Crippen molar-refractivity contribution < 1.29 is 0 Å². The van der Waals surface area contributed by atoms with E-state index in [2.05, 4.69) is 24.5 Å². The minimum Gasteiger partial charge on any atom is -0.354 e. The number of nitrogens with zero attached hydrogens (tertiary/aromatic N) is 2. The third kappa shape index (κ3) is 3.12. The average molecular weight is 371 g/mol. The van der Waals surface area contributed by atoms with E-state index in [1.54, 1.807) is 11.3 Å². The molecule has 1 unspecified atom stereocenters. The second-order valence-electron chi connectivity index (χ2n) is 7.10. The van der Waals surface area contributed by atoms with Gasteiger partial charge in [0.15, 0.2) is 6.29 Å². The average Bonchev–Trinajstić information content (AvgIpc) is 3.17. The number of fused-ring (bicyclic) bond motifs is 1. The van der Waals surface area contributed by atoms with Crippen molar-refractivity contribution >= 4 is 17.0 Å². The molecule has 4 rings (SSSR count). The summed E-state index contributed by atoms with van der Waals surface area (Å²) in [7, 11) is 0. The third-order valence-electron chi connectivity index (χ3n) is 5.34. The van der Waals surface area contributed by atoms with E-state index in [-0.39, 0.29) is 17.9 Å². The lowest BCUT2D eigenvalue weighted by atomic mass is 9.95. The summed E-state index contributed by atoms with van der Waals surface area (Å²) in [5.74, 6) is 0. The molecule has 0 bridgehead atoms. The summed E-state index contributed by atoms with van der Waals surface area (Å²) in [5.41, 5.74) is 2.81. The summed E-state index contributed by atoms with van der Waals surface area (Å²) in [4.78, 5) is 19.4. The van der Waals surface area contributed by atoms with Gasteiger partial charge in [-0.25, -0.2) is 4.99 Å². The first kappa shape index (κ1) is 17.5. The summed E-state index contributed by atoms with van der Waals surface area (Å²) < 4.78 is 2.00. The fourth-order valence-corrected chi connectivity index (χ4v) is 4.78. The van der Waals surface area contributed by atoms with Crippen LogP contribution in [0.3, 0.4) is 0 Å². The van der Waals surface area contributed by atoms with Gasteiger partial charge >= 0.3 is 0 Å². The molecule has 1 fully saturated rings. The van der Waals surface area contributed by atoms with E-state index < -0.39 is 0 Å². The Kier molecular flexibility index (Phi) is 4.96. The summed E-state index contributed by atoms with van der Waals surface area (Å²) >= 11 is 1.62. The molecule has 2 aromatic rings.